The number of rotatable bonds is 6. The summed E-state index contributed by atoms with van der Waals surface area (Å²) in [6.45, 7) is 3.06. The summed E-state index contributed by atoms with van der Waals surface area (Å²) in [5, 5.41) is 16.9. The van der Waals surface area contributed by atoms with Crippen molar-refractivity contribution in [3.8, 4) is 16.9 Å². The number of aryl methyl sites for hydroxylation is 3. The highest BCUT2D eigenvalue weighted by molar-refractivity contribution is 5.75. The number of alkyl halides is 6. The van der Waals surface area contributed by atoms with Gasteiger partial charge in [-0.25, -0.2) is 14.5 Å². The molecule has 4 heterocycles. The third kappa shape index (κ3) is 5.28. The van der Waals surface area contributed by atoms with Gasteiger partial charge in [0, 0.05) is 35.3 Å². The molecule has 0 aromatic carbocycles. The number of pyridine rings is 2. The predicted octanol–water partition coefficient (Wildman–Crippen LogP) is 5.09. The molecule has 0 unspecified atom stereocenters. The maximum absolute atomic E-state index is 13.1. The van der Waals surface area contributed by atoms with E-state index in [1.165, 1.54) is 10.6 Å². The molecule has 0 spiro atoms. The lowest BCUT2D eigenvalue weighted by Gasteiger charge is -2.32. The van der Waals surface area contributed by atoms with Gasteiger partial charge in [-0.3, -0.25) is 4.98 Å². The van der Waals surface area contributed by atoms with E-state index in [-0.39, 0.29) is 11.3 Å². The monoisotopic (exact) mass is 526 g/mol. The summed E-state index contributed by atoms with van der Waals surface area (Å²) in [5.41, 5.74) is -2.71. The number of hydrogen-bond donors (Lipinski definition) is 2. The summed E-state index contributed by atoms with van der Waals surface area (Å²) < 4.78 is 84.9. The van der Waals surface area contributed by atoms with Gasteiger partial charge in [0.1, 0.15) is 24.0 Å². The van der Waals surface area contributed by atoms with Gasteiger partial charge in [0.15, 0.2) is 5.82 Å². The smallest absolute Gasteiger partial charge is 0.429 e. The Morgan fingerprint density at radius 2 is 1.62 bits per heavy atom. The van der Waals surface area contributed by atoms with Gasteiger partial charge < -0.3 is 15.2 Å². The van der Waals surface area contributed by atoms with Crippen LogP contribution in [0.5, 0.6) is 5.75 Å². The van der Waals surface area contributed by atoms with Crippen molar-refractivity contribution in [3.05, 3.63) is 59.9 Å². The molecule has 0 atom stereocenters. The fraction of sp³-hybridized carbons (Fsp3) is 0.304. The summed E-state index contributed by atoms with van der Waals surface area (Å²) >= 11 is 0. The van der Waals surface area contributed by atoms with Crippen LogP contribution in [-0.4, -0.2) is 54.2 Å². The van der Waals surface area contributed by atoms with Crippen molar-refractivity contribution in [2.75, 3.05) is 11.9 Å². The van der Waals surface area contributed by atoms with Crippen molar-refractivity contribution in [3.63, 3.8) is 0 Å². The molecule has 4 rings (SSSR count). The van der Waals surface area contributed by atoms with Crippen LogP contribution in [0.2, 0.25) is 0 Å². The molecule has 4 aromatic rings. The Bertz CT molecular complexity index is 1420. The average molecular weight is 526 g/mol. The number of aliphatic hydroxyl groups is 1. The number of nitrogens with zero attached hydrogens (tertiary/aromatic N) is 5. The first-order valence-electron chi connectivity index (χ1n) is 10.7. The molecule has 0 bridgehead atoms. The minimum atomic E-state index is -6.01. The number of ether oxygens (including phenoxy) is 1. The van der Waals surface area contributed by atoms with Gasteiger partial charge in [-0.05, 0) is 44.5 Å². The fourth-order valence-corrected chi connectivity index (χ4v) is 3.53. The largest absolute Gasteiger partial charge is 0.488 e. The molecule has 0 fully saturated rings. The Morgan fingerprint density at radius 3 is 2.27 bits per heavy atom. The molecule has 0 aliphatic carbocycles. The second-order valence-electron chi connectivity index (χ2n) is 8.35. The molecule has 196 valence electrons. The Labute approximate surface area is 206 Å². The number of anilines is 2. The van der Waals surface area contributed by atoms with Crippen LogP contribution in [-0.2, 0) is 0 Å². The van der Waals surface area contributed by atoms with Crippen LogP contribution in [0, 0.1) is 20.8 Å². The van der Waals surface area contributed by atoms with E-state index in [2.05, 4.69) is 25.4 Å². The molecule has 14 heteroatoms. The maximum Gasteiger partial charge on any atom is 0.429 e. The van der Waals surface area contributed by atoms with Gasteiger partial charge in [-0.15, -0.1) is 0 Å². The zero-order valence-electron chi connectivity index (χ0n) is 19.6. The van der Waals surface area contributed by atoms with Crippen LogP contribution in [0.3, 0.4) is 0 Å². The van der Waals surface area contributed by atoms with E-state index >= 15 is 0 Å². The molecule has 4 aromatic heterocycles. The maximum atomic E-state index is 13.1. The number of hydrogen-bond acceptors (Lipinski definition) is 7. The molecule has 2 N–H and O–H groups in total. The first-order chi connectivity index (χ1) is 17.2. The van der Waals surface area contributed by atoms with E-state index in [4.69, 9.17) is 4.74 Å². The standard InChI is InChI=1S/C23H20F6N6O2/c1-12-6-17(18(10-30-12)37-11-21(36,22(24,25)26)23(27,28)29)15-4-5-35-16(8-15)9-20(34-35)33-19-7-13(2)31-14(3)32-19/h4-10,36H,11H2,1-3H3,(H,31,32,33,34). The average Bonchev–Trinajstić information content (AvgIpc) is 3.17. The highest BCUT2D eigenvalue weighted by atomic mass is 19.4. The Kier molecular flexibility index (Phi) is 6.48. The lowest BCUT2D eigenvalue weighted by molar-refractivity contribution is -0.373. The molecule has 0 amide bonds. The molecule has 0 aliphatic heterocycles. The quantitative estimate of drug-likeness (QED) is 0.338. The van der Waals surface area contributed by atoms with Crippen molar-refractivity contribution < 1.29 is 36.2 Å². The van der Waals surface area contributed by atoms with E-state index in [1.54, 1.807) is 44.3 Å². The van der Waals surface area contributed by atoms with Crippen molar-refractivity contribution in [2.24, 2.45) is 0 Å². The summed E-state index contributed by atoms with van der Waals surface area (Å²) in [4.78, 5) is 12.4. The molecular weight excluding hydrogens is 506 g/mol. The van der Waals surface area contributed by atoms with Crippen LogP contribution in [0.15, 0.2) is 42.7 Å². The Morgan fingerprint density at radius 1 is 0.919 bits per heavy atom. The van der Waals surface area contributed by atoms with Crippen LogP contribution < -0.4 is 10.1 Å². The highest BCUT2D eigenvalue weighted by Crippen LogP contribution is 2.44. The fourth-order valence-electron chi connectivity index (χ4n) is 3.53. The van der Waals surface area contributed by atoms with Crippen LogP contribution in [0.25, 0.3) is 16.6 Å². The van der Waals surface area contributed by atoms with E-state index < -0.39 is 24.6 Å². The summed E-state index contributed by atoms with van der Waals surface area (Å²) in [6, 6.07) is 8.04. The van der Waals surface area contributed by atoms with Crippen molar-refractivity contribution in [1.29, 1.82) is 0 Å². The first-order valence-corrected chi connectivity index (χ1v) is 10.7. The summed E-state index contributed by atoms with van der Waals surface area (Å²) in [5.74, 6) is 1.16. The molecule has 8 nitrogen and oxygen atoms in total. The minimum Gasteiger partial charge on any atom is -0.488 e. The molecule has 37 heavy (non-hydrogen) atoms. The van der Waals surface area contributed by atoms with Crippen molar-refractivity contribution in [2.45, 2.75) is 38.7 Å². The zero-order chi connectivity index (χ0) is 27.2. The SMILES string of the molecule is Cc1cc(-c2ccn3nc(Nc4cc(C)nc(C)n4)cc3c2)c(OCC(O)(C(F)(F)F)C(F)(F)F)cn1. The minimum absolute atomic E-state index is 0.180. The predicted molar refractivity (Wildman–Crippen MR) is 121 cm³/mol. The lowest BCUT2D eigenvalue weighted by Crippen LogP contribution is -2.60. The van der Waals surface area contributed by atoms with E-state index in [1.807, 2.05) is 6.92 Å². The third-order valence-corrected chi connectivity index (χ3v) is 5.38. The Hall–Kier alpha value is -3.94. The number of fused-ring (bicyclic) bond motifs is 1. The van der Waals surface area contributed by atoms with Gasteiger partial charge in [0.25, 0.3) is 5.60 Å². The third-order valence-electron chi connectivity index (χ3n) is 5.38. The van der Waals surface area contributed by atoms with Gasteiger partial charge in [0.2, 0.25) is 0 Å². The van der Waals surface area contributed by atoms with Gasteiger partial charge in [-0.2, -0.15) is 31.4 Å². The number of nitrogens with one attached hydrogen (secondary N) is 1. The topological polar surface area (TPSA) is 97.5 Å². The lowest BCUT2D eigenvalue weighted by atomic mass is 10.0. The van der Waals surface area contributed by atoms with Crippen molar-refractivity contribution >= 4 is 17.2 Å². The summed E-state index contributed by atoms with van der Waals surface area (Å²) in [7, 11) is 0. The molecule has 0 aliphatic rings. The second kappa shape index (κ2) is 9.18. The van der Waals surface area contributed by atoms with Gasteiger partial charge in [-0.1, -0.05) is 0 Å². The Balaban J connectivity index is 1.66. The highest BCUT2D eigenvalue weighted by Gasteiger charge is 2.71. The van der Waals surface area contributed by atoms with E-state index in [0.717, 1.165) is 11.9 Å². The first kappa shape index (κ1) is 26.1. The molecule has 0 saturated carbocycles. The molecular formula is C23H20F6N6O2. The zero-order valence-corrected chi connectivity index (χ0v) is 19.6. The number of halogens is 6. The number of aromatic nitrogens is 5. The van der Waals surface area contributed by atoms with E-state index in [9.17, 15) is 31.4 Å². The summed E-state index contributed by atoms with van der Waals surface area (Å²) in [6.07, 6.45) is -9.45. The molecule has 0 saturated heterocycles. The van der Waals surface area contributed by atoms with Crippen LogP contribution >= 0.6 is 0 Å². The van der Waals surface area contributed by atoms with Crippen LogP contribution in [0.1, 0.15) is 17.2 Å². The normalized spacial score (nSPS) is 12.7. The molecule has 0 radical (unpaired) electrons. The van der Waals surface area contributed by atoms with E-state index in [0.29, 0.717) is 34.2 Å². The second-order valence-corrected chi connectivity index (χ2v) is 8.35. The van der Waals surface area contributed by atoms with Crippen LogP contribution in [0.4, 0.5) is 38.0 Å². The van der Waals surface area contributed by atoms with Crippen molar-refractivity contribution in [1.82, 2.24) is 24.6 Å². The van der Waals surface area contributed by atoms with Gasteiger partial charge in [0.05, 0.1) is 11.7 Å². The van der Waals surface area contributed by atoms with Gasteiger partial charge >= 0.3 is 12.4 Å².